The van der Waals surface area contributed by atoms with E-state index in [0.717, 1.165) is 0 Å². The second-order valence-corrected chi connectivity index (χ2v) is 3.59. The second kappa shape index (κ2) is 4.40. The predicted octanol–water partition coefficient (Wildman–Crippen LogP) is 1.46. The third kappa shape index (κ3) is 2.06. The van der Waals surface area contributed by atoms with Crippen molar-refractivity contribution in [3.05, 3.63) is 33.9 Å². The van der Waals surface area contributed by atoms with Crippen LogP contribution in [0.2, 0.25) is 0 Å². The van der Waals surface area contributed by atoms with Crippen molar-refractivity contribution in [2.24, 2.45) is 0 Å². The standard InChI is InChI=1S/C11H11NO5/c1-2-16-11(13)9-6-7-4-3-5-8(12(14)15)10(7)17-9/h3-5,9H,2,6H2,1H3/t9-/m0/s1. The number of hydrogen-bond acceptors (Lipinski definition) is 5. The Balaban J connectivity index is 2.24. The summed E-state index contributed by atoms with van der Waals surface area (Å²) in [5.74, 6) is -0.312. The number of fused-ring (bicyclic) bond motifs is 1. The number of nitro groups is 1. The van der Waals surface area contributed by atoms with Gasteiger partial charge < -0.3 is 9.47 Å². The smallest absolute Gasteiger partial charge is 0.347 e. The Morgan fingerprint density at radius 2 is 2.41 bits per heavy atom. The number of ether oxygens (including phenoxy) is 2. The van der Waals surface area contributed by atoms with E-state index in [4.69, 9.17) is 9.47 Å². The summed E-state index contributed by atoms with van der Waals surface area (Å²) in [6.45, 7) is 1.96. The summed E-state index contributed by atoms with van der Waals surface area (Å²) in [5.41, 5.74) is 0.548. The highest BCUT2D eigenvalue weighted by molar-refractivity contribution is 5.77. The highest BCUT2D eigenvalue weighted by Crippen LogP contribution is 2.37. The molecule has 0 aliphatic carbocycles. The minimum Gasteiger partial charge on any atom is -0.471 e. The Labute approximate surface area is 97.3 Å². The molecule has 1 atom stereocenters. The number of carbonyl (C=O) groups excluding carboxylic acids is 1. The summed E-state index contributed by atoms with van der Waals surface area (Å²) >= 11 is 0. The van der Waals surface area contributed by atoms with Gasteiger partial charge in [0.05, 0.1) is 11.5 Å². The molecule has 17 heavy (non-hydrogen) atoms. The fourth-order valence-corrected chi connectivity index (χ4v) is 1.76. The lowest BCUT2D eigenvalue weighted by atomic mass is 10.1. The SMILES string of the molecule is CCOC(=O)[C@@H]1Cc2cccc([N+](=O)[O-])c2O1. The zero-order valence-corrected chi connectivity index (χ0v) is 9.21. The Morgan fingerprint density at radius 3 is 3.06 bits per heavy atom. The largest absolute Gasteiger partial charge is 0.471 e. The molecule has 1 aliphatic heterocycles. The molecular weight excluding hydrogens is 226 g/mol. The second-order valence-electron chi connectivity index (χ2n) is 3.59. The van der Waals surface area contributed by atoms with Gasteiger partial charge in [0.2, 0.25) is 5.75 Å². The van der Waals surface area contributed by atoms with Crippen LogP contribution in [0.5, 0.6) is 5.75 Å². The number of benzene rings is 1. The first-order valence-corrected chi connectivity index (χ1v) is 5.23. The molecule has 0 spiro atoms. The van der Waals surface area contributed by atoms with Crippen molar-refractivity contribution < 1.29 is 19.2 Å². The minimum atomic E-state index is -0.772. The number of carbonyl (C=O) groups is 1. The number of nitrogens with zero attached hydrogens (tertiary/aromatic N) is 1. The topological polar surface area (TPSA) is 78.7 Å². The molecule has 0 amide bonds. The molecule has 6 nitrogen and oxygen atoms in total. The van der Waals surface area contributed by atoms with Crippen LogP contribution in [-0.2, 0) is 16.0 Å². The van der Waals surface area contributed by atoms with Gasteiger partial charge in [0, 0.05) is 18.1 Å². The lowest BCUT2D eigenvalue weighted by Gasteiger charge is -2.08. The van der Waals surface area contributed by atoms with E-state index in [1.54, 1.807) is 19.1 Å². The molecule has 0 saturated heterocycles. The van der Waals surface area contributed by atoms with Crippen LogP contribution >= 0.6 is 0 Å². The van der Waals surface area contributed by atoms with Crippen molar-refractivity contribution in [3.8, 4) is 5.75 Å². The fraction of sp³-hybridized carbons (Fsp3) is 0.364. The number of rotatable bonds is 3. The Morgan fingerprint density at radius 1 is 1.65 bits per heavy atom. The van der Waals surface area contributed by atoms with Gasteiger partial charge in [-0.05, 0) is 6.92 Å². The zero-order valence-electron chi connectivity index (χ0n) is 9.21. The number of hydrogen-bond donors (Lipinski definition) is 0. The number of esters is 1. The maximum Gasteiger partial charge on any atom is 0.347 e. The maximum atomic E-state index is 11.5. The van der Waals surface area contributed by atoms with E-state index >= 15 is 0 Å². The van der Waals surface area contributed by atoms with Gasteiger partial charge in [-0.25, -0.2) is 4.79 Å². The highest BCUT2D eigenvalue weighted by atomic mass is 16.6. The van der Waals surface area contributed by atoms with Crippen LogP contribution in [0.1, 0.15) is 12.5 Å². The normalized spacial score (nSPS) is 17.1. The van der Waals surface area contributed by atoms with Crippen LogP contribution in [0.25, 0.3) is 0 Å². The minimum absolute atomic E-state index is 0.116. The quantitative estimate of drug-likeness (QED) is 0.451. The molecule has 1 aliphatic rings. The van der Waals surface area contributed by atoms with Crippen molar-refractivity contribution in [1.29, 1.82) is 0 Å². The molecule has 0 bridgehead atoms. The maximum absolute atomic E-state index is 11.5. The molecule has 90 valence electrons. The number of nitro benzene ring substituents is 1. The molecule has 6 heteroatoms. The Hall–Kier alpha value is -2.11. The fourth-order valence-electron chi connectivity index (χ4n) is 1.76. The van der Waals surface area contributed by atoms with Gasteiger partial charge in [-0.15, -0.1) is 0 Å². The van der Waals surface area contributed by atoms with E-state index in [-0.39, 0.29) is 18.0 Å². The van der Waals surface area contributed by atoms with E-state index in [1.165, 1.54) is 6.07 Å². The molecule has 1 heterocycles. The molecular formula is C11H11NO5. The van der Waals surface area contributed by atoms with E-state index in [0.29, 0.717) is 12.0 Å². The van der Waals surface area contributed by atoms with E-state index in [1.807, 2.05) is 0 Å². The lowest BCUT2D eigenvalue weighted by molar-refractivity contribution is -0.385. The molecule has 0 radical (unpaired) electrons. The van der Waals surface area contributed by atoms with Crippen LogP contribution in [0.15, 0.2) is 18.2 Å². The molecule has 0 N–H and O–H groups in total. The van der Waals surface area contributed by atoms with E-state index < -0.39 is 17.0 Å². The van der Waals surface area contributed by atoms with Crippen LogP contribution in [0.3, 0.4) is 0 Å². The first-order chi connectivity index (χ1) is 8.13. The summed E-state index contributed by atoms with van der Waals surface area (Å²) in [7, 11) is 0. The van der Waals surface area contributed by atoms with Crippen molar-refractivity contribution >= 4 is 11.7 Å². The summed E-state index contributed by atoms with van der Waals surface area (Å²) in [4.78, 5) is 21.7. The summed E-state index contributed by atoms with van der Waals surface area (Å²) in [6, 6.07) is 4.64. The third-order valence-corrected chi connectivity index (χ3v) is 2.49. The molecule has 2 rings (SSSR count). The monoisotopic (exact) mass is 237 g/mol. The van der Waals surface area contributed by atoms with Crippen LogP contribution in [0, 0.1) is 10.1 Å². The first-order valence-electron chi connectivity index (χ1n) is 5.23. The molecule has 0 saturated carbocycles. The lowest BCUT2D eigenvalue weighted by Crippen LogP contribution is -2.27. The average molecular weight is 237 g/mol. The van der Waals surface area contributed by atoms with Gasteiger partial charge in [-0.1, -0.05) is 12.1 Å². The number of para-hydroxylation sites is 1. The van der Waals surface area contributed by atoms with Crippen molar-refractivity contribution in [3.63, 3.8) is 0 Å². The van der Waals surface area contributed by atoms with Gasteiger partial charge in [-0.2, -0.15) is 0 Å². The zero-order chi connectivity index (χ0) is 12.4. The van der Waals surface area contributed by atoms with E-state index in [2.05, 4.69) is 0 Å². The summed E-state index contributed by atoms with van der Waals surface area (Å²) < 4.78 is 10.1. The molecule has 1 aromatic carbocycles. The van der Waals surface area contributed by atoms with Crippen LogP contribution in [-0.4, -0.2) is 23.6 Å². The van der Waals surface area contributed by atoms with Gasteiger partial charge in [0.1, 0.15) is 0 Å². The van der Waals surface area contributed by atoms with Crippen molar-refractivity contribution in [1.82, 2.24) is 0 Å². The molecule has 0 unspecified atom stereocenters. The van der Waals surface area contributed by atoms with Crippen LogP contribution in [0.4, 0.5) is 5.69 Å². The van der Waals surface area contributed by atoms with Crippen LogP contribution < -0.4 is 4.74 Å². The highest BCUT2D eigenvalue weighted by Gasteiger charge is 2.34. The van der Waals surface area contributed by atoms with E-state index in [9.17, 15) is 14.9 Å². The Kier molecular flexibility index (Phi) is 2.95. The molecule has 0 aromatic heterocycles. The molecule has 0 fully saturated rings. The third-order valence-electron chi connectivity index (χ3n) is 2.49. The van der Waals surface area contributed by atoms with Gasteiger partial charge in [0.15, 0.2) is 6.10 Å². The van der Waals surface area contributed by atoms with Crippen molar-refractivity contribution in [2.45, 2.75) is 19.4 Å². The Bertz CT molecular complexity index is 471. The predicted molar refractivity (Wildman–Crippen MR) is 57.8 cm³/mol. The molecule has 1 aromatic rings. The van der Waals surface area contributed by atoms with Gasteiger partial charge in [-0.3, -0.25) is 10.1 Å². The van der Waals surface area contributed by atoms with Crippen molar-refractivity contribution in [2.75, 3.05) is 6.61 Å². The summed E-state index contributed by atoms with van der Waals surface area (Å²) in [5, 5.41) is 10.8. The average Bonchev–Trinajstić information content (AvgIpc) is 2.72. The first kappa shape index (κ1) is 11.4. The summed E-state index contributed by atoms with van der Waals surface area (Å²) in [6.07, 6.45) is -0.457. The van der Waals surface area contributed by atoms with Gasteiger partial charge >= 0.3 is 11.7 Å². The van der Waals surface area contributed by atoms with Gasteiger partial charge in [0.25, 0.3) is 0 Å².